The summed E-state index contributed by atoms with van der Waals surface area (Å²) in [6, 6.07) is 0.889. The van der Waals surface area contributed by atoms with Crippen molar-refractivity contribution >= 4 is 25.6 Å². The molecule has 108 valence electrons. The van der Waals surface area contributed by atoms with Gasteiger partial charge in [0.1, 0.15) is 10.7 Å². The van der Waals surface area contributed by atoms with E-state index in [0.717, 1.165) is 0 Å². The molecule has 0 aliphatic rings. The Morgan fingerprint density at radius 2 is 2.10 bits per heavy atom. The summed E-state index contributed by atoms with van der Waals surface area (Å²) >= 11 is 0. The second kappa shape index (κ2) is 6.54. The fraction of sp³-hybridized carbons (Fsp3) is 0.182. The predicted octanol–water partition coefficient (Wildman–Crippen LogP) is 1.02. The van der Waals surface area contributed by atoms with Crippen molar-refractivity contribution in [2.45, 2.75) is 4.90 Å². The molecule has 0 unspecified atom stereocenters. The summed E-state index contributed by atoms with van der Waals surface area (Å²) < 4.78 is 53.6. The molecular formula is C11H8ClF2NO4S. The summed E-state index contributed by atoms with van der Waals surface area (Å²) in [7, 11) is 0.598. The zero-order valence-electron chi connectivity index (χ0n) is 9.82. The van der Waals surface area contributed by atoms with Gasteiger partial charge in [-0.1, -0.05) is 5.92 Å². The first-order valence-corrected chi connectivity index (χ1v) is 7.33. The minimum atomic E-state index is -4.44. The van der Waals surface area contributed by atoms with Gasteiger partial charge in [0.05, 0.1) is 6.54 Å². The Labute approximate surface area is 118 Å². The molecule has 0 saturated carbocycles. The van der Waals surface area contributed by atoms with Crippen molar-refractivity contribution in [3.63, 3.8) is 0 Å². The van der Waals surface area contributed by atoms with Crippen LogP contribution < -0.4 is 10.1 Å². The minimum Gasteiger partial charge on any atom is -0.479 e. The maximum absolute atomic E-state index is 13.5. The third-order valence-electron chi connectivity index (χ3n) is 1.97. The van der Waals surface area contributed by atoms with Crippen LogP contribution in [0.5, 0.6) is 5.75 Å². The molecule has 1 rings (SSSR count). The quantitative estimate of drug-likeness (QED) is 0.648. The number of ether oxygens (including phenoxy) is 1. The van der Waals surface area contributed by atoms with Crippen LogP contribution in [0.15, 0.2) is 17.0 Å². The maximum atomic E-state index is 13.5. The number of carbonyl (C=O) groups excluding carboxylic acids is 1. The molecule has 5 nitrogen and oxygen atoms in total. The fourth-order valence-electron chi connectivity index (χ4n) is 1.20. The summed E-state index contributed by atoms with van der Waals surface area (Å²) in [6.45, 7) is -0.779. The van der Waals surface area contributed by atoms with E-state index in [9.17, 15) is 22.0 Å². The number of hydrogen-bond donors (Lipinski definition) is 1. The highest BCUT2D eigenvalue weighted by molar-refractivity contribution is 8.13. The van der Waals surface area contributed by atoms with E-state index in [-0.39, 0.29) is 6.54 Å². The number of nitrogens with one attached hydrogen (secondary N) is 1. The number of halogens is 3. The third-order valence-corrected chi connectivity index (χ3v) is 3.30. The lowest BCUT2D eigenvalue weighted by atomic mass is 10.3. The Morgan fingerprint density at radius 1 is 1.45 bits per heavy atom. The normalized spacial score (nSPS) is 10.7. The maximum Gasteiger partial charge on any atom is 0.265 e. The molecule has 1 aromatic rings. The SMILES string of the molecule is C#CCNC(=O)COc1c(F)cc(F)cc1S(=O)(=O)Cl. The molecule has 0 spiro atoms. The van der Waals surface area contributed by atoms with E-state index < -0.39 is 43.8 Å². The van der Waals surface area contributed by atoms with E-state index in [0.29, 0.717) is 12.1 Å². The van der Waals surface area contributed by atoms with Gasteiger partial charge in [-0.25, -0.2) is 17.2 Å². The predicted molar refractivity (Wildman–Crippen MR) is 66.7 cm³/mol. The average molecular weight is 324 g/mol. The number of amides is 1. The summed E-state index contributed by atoms with van der Waals surface area (Å²) in [6.07, 6.45) is 4.90. The highest BCUT2D eigenvalue weighted by Gasteiger charge is 2.23. The van der Waals surface area contributed by atoms with Crippen molar-refractivity contribution in [1.82, 2.24) is 5.32 Å². The van der Waals surface area contributed by atoms with Gasteiger partial charge in [-0.3, -0.25) is 4.79 Å². The lowest BCUT2D eigenvalue weighted by Crippen LogP contribution is -2.29. The van der Waals surface area contributed by atoms with Crippen LogP contribution in [0.25, 0.3) is 0 Å². The number of rotatable bonds is 5. The van der Waals surface area contributed by atoms with Gasteiger partial charge in [-0.05, 0) is 6.07 Å². The highest BCUT2D eigenvalue weighted by Crippen LogP contribution is 2.30. The van der Waals surface area contributed by atoms with E-state index in [4.69, 9.17) is 21.8 Å². The van der Waals surface area contributed by atoms with E-state index in [2.05, 4.69) is 11.2 Å². The van der Waals surface area contributed by atoms with Crippen LogP contribution >= 0.6 is 10.7 Å². The molecule has 0 saturated heterocycles. The van der Waals surface area contributed by atoms with Gasteiger partial charge in [-0.15, -0.1) is 6.42 Å². The summed E-state index contributed by atoms with van der Waals surface area (Å²) in [5.74, 6) is -1.86. The van der Waals surface area contributed by atoms with Crippen molar-refractivity contribution in [2.75, 3.05) is 13.2 Å². The van der Waals surface area contributed by atoms with Crippen LogP contribution in [0.4, 0.5) is 8.78 Å². The molecule has 9 heteroatoms. The molecule has 0 radical (unpaired) electrons. The largest absolute Gasteiger partial charge is 0.479 e. The zero-order chi connectivity index (χ0) is 15.3. The van der Waals surface area contributed by atoms with Crippen molar-refractivity contribution < 1.29 is 26.7 Å². The molecule has 0 aliphatic carbocycles. The van der Waals surface area contributed by atoms with Crippen molar-refractivity contribution in [3.8, 4) is 18.1 Å². The molecule has 0 bridgehead atoms. The number of carbonyl (C=O) groups is 1. The van der Waals surface area contributed by atoms with E-state index >= 15 is 0 Å². The van der Waals surface area contributed by atoms with Gasteiger partial charge < -0.3 is 10.1 Å². The van der Waals surface area contributed by atoms with Crippen LogP contribution in [0.1, 0.15) is 0 Å². The lowest BCUT2D eigenvalue weighted by Gasteiger charge is -2.10. The molecular weight excluding hydrogens is 316 g/mol. The lowest BCUT2D eigenvalue weighted by molar-refractivity contribution is -0.122. The average Bonchev–Trinajstić information content (AvgIpc) is 2.33. The standard InChI is InChI=1S/C11H8ClF2NO4S/c1-2-3-15-10(16)6-19-11-8(14)4-7(13)5-9(11)20(12,17)18/h1,4-5H,3,6H2,(H,15,16). The molecule has 0 aliphatic heterocycles. The van der Waals surface area contributed by atoms with Gasteiger partial charge in [0.15, 0.2) is 18.2 Å². The first kappa shape index (κ1) is 16.2. The second-order valence-electron chi connectivity index (χ2n) is 3.42. The fourth-order valence-corrected chi connectivity index (χ4v) is 2.17. The van der Waals surface area contributed by atoms with Gasteiger partial charge in [0.2, 0.25) is 0 Å². The summed E-state index contributed by atoms with van der Waals surface area (Å²) in [5, 5.41) is 2.21. The van der Waals surface area contributed by atoms with Crippen LogP contribution in [0, 0.1) is 24.0 Å². The molecule has 1 aromatic carbocycles. The van der Waals surface area contributed by atoms with Crippen LogP contribution in [0.3, 0.4) is 0 Å². The zero-order valence-corrected chi connectivity index (χ0v) is 11.4. The highest BCUT2D eigenvalue weighted by atomic mass is 35.7. The second-order valence-corrected chi connectivity index (χ2v) is 5.96. The van der Waals surface area contributed by atoms with E-state index in [1.807, 2.05) is 0 Å². The molecule has 0 atom stereocenters. The van der Waals surface area contributed by atoms with Gasteiger partial charge in [0.25, 0.3) is 15.0 Å². The van der Waals surface area contributed by atoms with Crippen molar-refractivity contribution in [1.29, 1.82) is 0 Å². The monoisotopic (exact) mass is 323 g/mol. The van der Waals surface area contributed by atoms with Gasteiger partial charge in [0, 0.05) is 16.7 Å². The number of benzene rings is 1. The Balaban J connectivity index is 3.01. The van der Waals surface area contributed by atoms with E-state index in [1.54, 1.807) is 0 Å². The molecule has 20 heavy (non-hydrogen) atoms. The Morgan fingerprint density at radius 3 is 2.65 bits per heavy atom. The van der Waals surface area contributed by atoms with Crippen LogP contribution in [-0.4, -0.2) is 27.5 Å². The minimum absolute atomic E-state index is 0.0746. The van der Waals surface area contributed by atoms with Crippen molar-refractivity contribution in [2.24, 2.45) is 0 Å². The molecule has 0 heterocycles. The molecule has 0 fully saturated rings. The summed E-state index contributed by atoms with van der Waals surface area (Å²) in [5.41, 5.74) is 0. The van der Waals surface area contributed by atoms with Crippen molar-refractivity contribution in [3.05, 3.63) is 23.8 Å². The number of terminal acetylenes is 1. The van der Waals surface area contributed by atoms with Gasteiger partial charge in [-0.2, -0.15) is 0 Å². The Bertz CT molecular complexity index is 670. The molecule has 1 amide bonds. The summed E-state index contributed by atoms with van der Waals surface area (Å²) in [4.78, 5) is 10.3. The molecule has 1 N–H and O–H groups in total. The van der Waals surface area contributed by atoms with Crippen LogP contribution in [0.2, 0.25) is 0 Å². The Hall–Kier alpha value is -1.85. The number of hydrogen-bond acceptors (Lipinski definition) is 4. The van der Waals surface area contributed by atoms with Crippen LogP contribution in [-0.2, 0) is 13.8 Å². The van der Waals surface area contributed by atoms with Gasteiger partial charge >= 0.3 is 0 Å². The van der Waals surface area contributed by atoms with E-state index in [1.165, 1.54) is 0 Å². The smallest absolute Gasteiger partial charge is 0.265 e. The molecule has 0 aromatic heterocycles. The topological polar surface area (TPSA) is 72.5 Å². The first-order chi connectivity index (χ1) is 9.25. The first-order valence-electron chi connectivity index (χ1n) is 5.02. The Kier molecular flexibility index (Phi) is 5.30. The third kappa shape index (κ3) is 4.36.